The van der Waals surface area contributed by atoms with Crippen LogP contribution in [0.5, 0.6) is 0 Å². The lowest BCUT2D eigenvalue weighted by molar-refractivity contribution is -0.123. The van der Waals surface area contributed by atoms with E-state index in [1.54, 1.807) is 28.9 Å². The van der Waals surface area contributed by atoms with Gasteiger partial charge in [-0.05, 0) is 43.3 Å². The fourth-order valence-corrected chi connectivity index (χ4v) is 3.27. The average molecular weight is 470 g/mol. The maximum Gasteiger partial charge on any atom is 0.379 e. The molecule has 3 aromatic carbocycles. The third-order valence-corrected chi connectivity index (χ3v) is 4.95. The number of para-hydroxylation sites is 1. The topological polar surface area (TPSA) is 115 Å². The molecule has 0 saturated heterocycles. The Morgan fingerprint density at radius 2 is 1.40 bits per heavy atom. The second kappa shape index (κ2) is 10.4. The number of ether oxygens (including phenoxy) is 1. The fraction of sp³-hybridized carbons (Fsp3) is 0.115. The van der Waals surface area contributed by atoms with Crippen molar-refractivity contribution in [2.24, 2.45) is 0 Å². The molecule has 1 atom stereocenters. The minimum Gasteiger partial charge on any atom is -0.447 e. The van der Waals surface area contributed by atoms with E-state index in [0.29, 0.717) is 17.2 Å². The molecule has 176 valence electrons. The Morgan fingerprint density at radius 1 is 0.829 bits per heavy atom. The third kappa shape index (κ3) is 5.77. The molecule has 0 aliphatic heterocycles. The van der Waals surface area contributed by atoms with Gasteiger partial charge in [-0.3, -0.25) is 9.59 Å². The average Bonchev–Trinajstić information content (AvgIpc) is 3.32. The van der Waals surface area contributed by atoms with Crippen LogP contribution >= 0.6 is 0 Å². The van der Waals surface area contributed by atoms with E-state index in [0.717, 1.165) is 11.3 Å². The maximum atomic E-state index is 12.8. The maximum absolute atomic E-state index is 12.8. The van der Waals surface area contributed by atoms with E-state index >= 15 is 0 Å². The van der Waals surface area contributed by atoms with Gasteiger partial charge in [-0.25, -0.2) is 14.5 Å². The first-order valence-electron chi connectivity index (χ1n) is 10.9. The summed E-state index contributed by atoms with van der Waals surface area (Å²) in [5.74, 6) is -1.22. The van der Waals surface area contributed by atoms with E-state index in [4.69, 9.17) is 4.74 Å². The first-order valence-corrected chi connectivity index (χ1v) is 10.9. The number of benzene rings is 3. The molecule has 9 nitrogen and oxygen atoms in total. The Balaban J connectivity index is 1.48. The zero-order valence-corrected chi connectivity index (χ0v) is 19.1. The predicted octanol–water partition coefficient (Wildman–Crippen LogP) is 4.08. The Hall–Kier alpha value is -4.79. The second-order valence-corrected chi connectivity index (χ2v) is 7.67. The van der Waals surface area contributed by atoms with Gasteiger partial charge in [-0.2, -0.15) is 0 Å². The molecule has 2 amide bonds. The summed E-state index contributed by atoms with van der Waals surface area (Å²) < 4.78 is 6.90. The molecular formula is C26H23N5O4. The highest BCUT2D eigenvalue weighted by Gasteiger charge is 2.24. The second-order valence-electron chi connectivity index (χ2n) is 7.67. The number of aromatic nitrogens is 3. The number of carbonyl (C=O) groups is 3. The number of hydrogen-bond acceptors (Lipinski definition) is 6. The van der Waals surface area contributed by atoms with Crippen molar-refractivity contribution in [1.82, 2.24) is 14.8 Å². The first-order chi connectivity index (χ1) is 16.9. The molecule has 0 bridgehead atoms. The van der Waals surface area contributed by atoms with E-state index in [1.807, 2.05) is 60.7 Å². The number of esters is 1. The van der Waals surface area contributed by atoms with Crippen LogP contribution in [0, 0.1) is 0 Å². The molecule has 9 heteroatoms. The number of anilines is 2. The Morgan fingerprint density at radius 3 is 2.00 bits per heavy atom. The number of hydrogen-bond donors (Lipinski definition) is 2. The molecule has 2 N–H and O–H groups in total. The van der Waals surface area contributed by atoms with Gasteiger partial charge in [0, 0.05) is 23.9 Å². The zero-order valence-electron chi connectivity index (χ0n) is 19.1. The molecule has 1 aromatic heterocycles. The van der Waals surface area contributed by atoms with Crippen molar-refractivity contribution in [1.29, 1.82) is 0 Å². The van der Waals surface area contributed by atoms with E-state index < -0.39 is 18.0 Å². The molecule has 4 aromatic rings. The summed E-state index contributed by atoms with van der Waals surface area (Å²) in [5.41, 5.74) is 2.59. The number of nitrogens with zero attached hydrogens (tertiary/aromatic N) is 3. The monoisotopic (exact) mass is 469 g/mol. The van der Waals surface area contributed by atoms with Crippen molar-refractivity contribution in [3.63, 3.8) is 0 Å². The van der Waals surface area contributed by atoms with E-state index in [2.05, 4.69) is 20.7 Å². The number of amides is 2. The highest BCUT2D eigenvalue weighted by molar-refractivity contribution is 5.97. The largest absolute Gasteiger partial charge is 0.447 e. The lowest BCUT2D eigenvalue weighted by Gasteiger charge is -2.13. The van der Waals surface area contributed by atoms with Gasteiger partial charge in [0.05, 0.1) is 5.69 Å². The van der Waals surface area contributed by atoms with Gasteiger partial charge in [-0.15, -0.1) is 5.10 Å². The van der Waals surface area contributed by atoms with Crippen LogP contribution in [0.4, 0.5) is 11.4 Å². The van der Waals surface area contributed by atoms with Gasteiger partial charge in [0.15, 0.2) is 11.9 Å². The summed E-state index contributed by atoms with van der Waals surface area (Å²) in [6.07, 6.45) is -1.10. The standard InChI is InChI=1S/C26H23N5O4/c1-17(25(33)28-21-15-13-20(14-16-21)27-18(2)32)35-26(34)23-29-24(19-9-5-3-6-10-19)31(30-23)22-11-7-4-8-12-22/h3-17H,1-2H3,(H,27,32)(H,28,33). The molecule has 0 fully saturated rings. The van der Waals surface area contributed by atoms with Crippen molar-refractivity contribution in [2.75, 3.05) is 10.6 Å². The van der Waals surface area contributed by atoms with Gasteiger partial charge in [0.1, 0.15) is 0 Å². The van der Waals surface area contributed by atoms with Gasteiger partial charge >= 0.3 is 5.97 Å². The molecule has 0 radical (unpaired) electrons. The molecule has 0 aliphatic rings. The molecule has 1 unspecified atom stereocenters. The highest BCUT2D eigenvalue weighted by Crippen LogP contribution is 2.21. The normalized spacial score (nSPS) is 11.4. The fourth-order valence-electron chi connectivity index (χ4n) is 3.27. The lowest BCUT2D eigenvalue weighted by Crippen LogP contribution is -2.30. The third-order valence-electron chi connectivity index (χ3n) is 4.95. The van der Waals surface area contributed by atoms with E-state index in [1.165, 1.54) is 13.8 Å². The van der Waals surface area contributed by atoms with Crippen LogP contribution in [-0.4, -0.2) is 38.7 Å². The number of nitrogens with one attached hydrogen (secondary N) is 2. The van der Waals surface area contributed by atoms with Crippen LogP contribution in [0.15, 0.2) is 84.9 Å². The Labute approximate surface area is 201 Å². The first kappa shape index (κ1) is 23.4. The quantitative estimate of drug-likeness (QED) is 0.394. The molecule has 0 aliphatic carbocycles. The smallest absolute Gasteiger partial charge is 0.379 e. The summed E-state index contributed by atoms with van der Waals surface area (Å²) in [6, 6.07) is 25.2. The summed E-state index contributed by atoms with van der Waals surface area (Å²) in [4.78, 5) is 40.9. The lowest BCUT2D eigenvalue weighted by atomic mass is 10.2. The minimum atomic E-state index is -1.10. The van der Waals surface area contributed by atoms with Crippen LogP contribution in [0.1, 0.15) is 24.5 Å². The van der Waals surface area contributed by atoms with Crippen molar-refractivity contribution >= 4 is 29.2 Å². The van der Waals surface area contributed by atoms with Crippen molar-refractivity contribution in [3.8, 4) is 17.1 Å². The van der Waals surface area contributed by atoms with Crippen molar-refractivity contribution in [2.45, 2.75) is 20.0 Å². The van der Waals surface area contributed by atoms with E-state index in [9.17, 15) is 14.4 Å². The van der Waals surface area contributed by atoms with Gasteiger partial charge < -0.3 is 15.4 Å². The summed E-state index contributed by atoms with van der Waals surface area (Å²) >= 11 is 0. The van der Waals surface area contributed by atoms with Crippen LogP contribution in [0.3, 0.4) is 0 Å². The molecule has 0 saturated carbocycles. The van der Waals surface area contributed by atoms with Crippen molar-refractivity contribution < 1.29 is 19.1 Å². The number of carbonyl (C=O) groups excluding carboxylic acids is 3. The summed E-state index contributed by atoms with van der Waals surface area (Å²) in [6.45, 7) is 2.87. The minimum absolute atomic E-state index is 0.160. The highest BCUT2D eigenvalue weighted by atomic mass is 16.5. The van der Waals surface area contributed by atoms with Crippen LogP contribution in [0.2, 0.25) is 0 Å². The molecule has 0 spiro atoms. The predicted molar refractivity (Wildman–Crippen MR) is 131 cm³/mol. The molecule has 4 rings (SSSR count). The molecular weight excluding hydrogens is 446 g/mol. The van der Waals surface area contributed by atoms with Crippen LogP contribution in [0.25, 0.3) is 17.1 Å². The molecule has 1 heterocycles. The van der Waals surface area contributed by atoms with Crippen LogP contribution < -0.4 is 10.6 Å². The number of rotatable bonds is 7. The Kier molecular flexibility index (Phi) is 6.96. The van der Waals surface area contributed by atoms with Crippen molar-refractivity contribution in [3.05, 3.63) is 90.8 Å². The van der Waals surface area contributed by atoms with E-state index in [-0.39, 0.29) is 11.7 Å². The zero-order chi connectivity index (χ0) is 24.8. The SMILES string of the molecule is CC(=O)Nc1ccc(NC(=O)C(C)OC(=O)c2nc(-c3ccccc3)n(-c3ccccc3)n2)cc1. The molecule has 35 heavy (non-hydrogen) atoms. The van der Waals surface area contributed by atoms with Gasteiger partial charge in [0.2, 0.25) is 5.91 Å². The van der Waals surface area contributed by atoms with Gasteiger partial charge in [-0.1, -0.05) is 48.5 Å². The van der Waals surface area contributed by atoms with Gasteiger partial charge in [0.25, 0.3) is 11.7 Å². The van der Waals surface area contributed by atoms with Crippen LogP contribution in [-0.2, 0) is 14.3 Å². The summed E-state index contributed by atoms with van der Waals surface area (Å²) in [7, 11) is 0. The Bertz CT molecular complexity index is 1280. The summed E-state index contributed by atoms with van der Waals surface area (Å²) in [5, 5.41) is 9.67.